The summed E-state index contributed by atoms with van der Waals surface area (Å²) in [5.74, 6) is -0.810. The van der Waals surface area contributed by atoms with Crippen LogP contribution in [0.2, 0.25) is 0 Å². The number of amides is 1. The fraction of sp³-hybridized carbons (Fsp3) is 0.259. The third-order valence-electron chi connectivity index (χ3n) is 7.01. The van der Waals surface area contributed by atoms with Crippen molar-refractivity contribution in [2.75, 3.05) is 0 Å². The Bertz CT molecular complexity index is 1410. The Labute approximate surface area is 201 Å². The minimum Gasteiger partial charge on any atom is -0.327 e. The molecule has 4 aromatic rings. The van der Waals surface area contributed by atoms with Crippen molar-refractivity contribution in [2.24, 2.45) is 7.05 Å². The van der Waals surface area contributed by atoms with E-state index in [9.17, 15) is 13.6 Å². The van der Waals surface area contributed by atoms with Gasteiger partial charge in [-0.2, -0.15) is 5.10 Å². The molecule has 6 nitrogen and oxygen atoms in total. The maximum atomic E-state index is 14.0. The lowest BCUT2D eigenvalue weighted by Gasteiger charge is -2.45. The van der Waals surface area contributed by atoms with Crippen LogP contribution in [0.1, 0.15) is 46.9 Å². The average Bonchev–Trinajstić information content (AvgIpc) is 3.18. The lowest BCUT2D eigenvalue weighted by molar-refractivity contribution is 0.0392. The van der Waals surface area contributed by atoms with Crippen LogP contribution in [0.5, 0.6) is 0 Å². The van der Waals surface area contributed by atoms with Gasteiger partial charge in [-0.3, -0.25) is 9.48 Å². The van der Waals surface area contributed by atoms with Gasteiger partial charge in [0.25, 0.3) is 5.91 Å². The number of hydrogen-bond donors (Lipinski definition) is 0. The average molecular weight is 472 g/mol. The van der Waals surface area contributed by atoms with Gasteiger partial charge in [-0.1, -0.05) is 18.2 Å². The Kier molecular flexibility index (Phi) is 5.16. The van der Waals surface area contributed by atoms with Gasteiger partial charge in [0.15, 0.2) is 5.82 Å². The van der Waals surface area contributed by atoms with Crippen LogP contribution in [-0.2, 0) is 13.5 Å². The molecule has 176 valence electrons. The summed E-state index contributed by atoms with van der Waals surface area (Å²) in [4.78, 5) is 24.7. The summed E-state index contributed by atoms with van der Waals surface area (Å²) >= 11 is 0. The molecular weight excluding hydrogens is 448 g/mol. The van der Waals surface area contributed by atoms with Crippen molar-refractivity contribution in [1.82, 2.24) is 24.6 Å². The highest BCUT2D eigenvalue weighted by atomic mass is 19.1. The number of fused-ring (bicyclic) bond motifs is 4. The SMILES string of the molecule is Cn1nc2c(c1-c1cc(F)cc(F)c1)CC1CCCC2N1C(=O)c1ccccc1-c1ncccn1. The number of aryl methyl sites for hydroxylation is 1. The third kappa shape index (κ3) is 3.60. The lowest BCUT2D eigenvalue weighted by atomic mass is 9.81. The van der Waals surface area contributed by atoms with Gasteiger partial charge in [-0.25, -0.2) is 18.7 Å². The van der Waals surface area contributed by atoms with E-state index in [0.717, 1.165) is 36.6 Å². The van der Waals surface area contributed by atoms with Crippen molar-refractivity contribution in [3.8, 4) is 22.6 Å². The number of halogens is 2. The van der Waals surface area contributed by atoms with Gasteiger partial charge in [0, 0.05) is 48.2 Å². The Balaban J connectivity index is 1.43. The number of benzene rings is 2. The molecule has 2 unspecified atom stereocenters. The monoisotopic (exact) mass is 471 g/mol. The molecule has 35 heavy (non-hydrogen) atoms. The Morgan fingerprint density at radius 3 is 2.51 bits per heavy atom. The Hall–Kier alpha value is -3.94. The van der Waals surface area contributed by atoms with Gasteiger partial charge in [-0.05, 0) is 49.9 Å². The first-order valence-electron chi connectivity index (χ1n) is 11.7. The second-order valence-corrected chi connectivity index (χ2v) is 9.13. The minimum absolute atomic E-state index is 0.0279. The summed E-state index contributed by atoms with van der Waals surface area (Å²) in [6.45, 7) is 0. The minimum atomic E-state index is -0.623. The van der Waals surface area contributed by atoms with E-state index in [1.807, 2.05) is 29.2 Å². The predicted octanol–water partition coefficient (Wildman–Crippen LogP) is 5.11. The van der Waals surface area contributed by atoms with Crippen molar-refractivity contribution in [1.29, 1.82) is 0 Å². The Morgan fingerprint density at radius 1 is 1.00 bits per heavy atom. The summed E-state index contributed by atoms with van der Waals surface area (Å²) in [6.07, 6.45) is 6.54. The maximum absolute atomic E-state index is 14.0. The van der Waals surface area contributed by atoms with Crippen molar-refractivity contribution in [2.45, 2.75) is 37.8 Å². The fourth-order valence-electron chi connectivity index (χ4n) is 5.64. The van der Waals surface area contributed by atoms with Crippen LogP contribution in [0, 0.1) is 11.6 Å². The second-order valence-electron chi connectivity index (χ2n) is 9.13. The number of carbonyl (C=O) groups excluding carboxylic acids is 1. The van der Waals surface area contributed by atoms with E-state index in [-0.39, 0.29) is 18.0 Å². The highest BCUT2D eigenvalue weighted by Crippen LogP contribution is 2.45. The molecule has 0 saturated carbocycles. The first kappa shape index (κ1) is 21.6. The van der Waals surface area contributed by atoms with Gasteiger partial charge < -0.3 is 4.90 Å². The molecule has 2 atom stereocenters. The number of hydrogen-bond acceptors (Lipinski definition) is 4. The van der Waals surface area contributed by atoms with Crippen molar-refractivity contribution < 1.29 is 13.6 Å². The molecule has 0 radical (unpaired) electrons. The number of nitrogens with zero attached hydrogens (tertiary/aromatic N) is 5. The van der Waals surface area contributed by atoms with Gasteiger partial charge in [-0.15, -0.1) is 0 Å². The molecule has 2 aromatic carbocycles. The molecule has 0 spiro atoms. The molecule has 8 heteroatoms. The molecule has 0 aliphatic carbocycles. The van der Waals surface area contributed by atoms with Crippen LogP contribution in [0.3, 0.4) is 0 Å². The number of rotatable bonds is 3. The van der Waals surface area contributed by atoms with Crippen LogP contribution in [0.15, 0.2) is 60.9 Å². The molecule has 0 N–H and O–H groups in total. The van der Waals surface area contributed by atoms with Gasteiger partial charge >= 0.3 is 0 Å². The largest absolute Gasteiger partial charge is 0.327 e. The van der Waals surface area contributed by atoms with Crippen LogP contribution >= 0.6 is 0 Å². The molecular formula is C27H23F2N5O. The standard InChI is InChI=1S/C27H23F2N5O/c1-33-25(16-12-17(28)14-18(29)13-16)22-15-19-6-4-9-23(24(22)32-33)34(19)27(35)21-8-3-2-7-20(21)26-30-10-5-11-31-26/h2-3,5,7-8,10-14,19,23H,4,6,9,15H2,1H3. The zero-order chi connectivity index (χ0) is 24.1. The second kappa shape index (κ2) is 8.37. The van der Waals surface area contributed by atoms with E-state index in [1.165, 1.54) is 12.1 Å². The quantitative estimate of drug-likeness (QED) is 0.416. The first-order valence-corrected chi connectivity index (χ1v) is 11.7. The van der Waals surface area contributed by atoms with Crippen LogP contribution < -0.4 is 0 Å². The molecule has 1 amide bonds. The number of aromatic nitrogens is 4. The molecule has 6 rings (SSSR count). The fourth-order valence-corrected chi connectivity index (χ4v) is 5.64. The van der Waals surface area contributed by atoms with E-state index in [2.05, 4.69) is 9.97 Å². The van der Waals surface area contributed by atoms with Crippen LogP contribution in [0.4, 0.5) is 8.78 Å². The third-order valence-corrected chi connectivity index (χ3v) is 7.01. The smallest absolute Gasteiger partial charge is 0.255 e. The van der Waals surface area contributed by atoms with E-state index in [4.69, 9.17) is 5.10 Å². The highest BCUT2D eigenvalue weighted by Gasteiger charge is 2.44. The molecule has 2 aromatic heterocycles. The van der Waals surface area contributed by atoms with Crippen LogP contribution in [-0.4, -0.2) is 36.6 Å². The van der Waals surface area contributed by atoms with Crippen molar-refractivity contribution in [3.05, 3.63) is 89.4 Å². The summed E-state index contributed by atoms with van der Waals surface area (Å²) in [7, 11) is 1.79. The van der Waals surface area contributed by atoms with Crippen molar-refractivity contribution >= 4 is 5.91 Å². The van der Waals surface area contributed by atoms with Gasteiger partial charge in [0.1, 0.15) is 11.6 Å². The number of carbonyl (C=O) groups is 1. The predicted molar refractivity (Wildman–Crippen MR) is 126 cm³/mol. The Morgan fingerprint density at radius 2 is 1.74 bits per heavy atom. The maximum Gasteiger partial charge on any atom is 0.255 e. The van der Waals surface area contributed by atoms with Crippen molar-refractivity contribution in [3.63, 3.8) is 0 Å². The number of piperidine rings is 1. The lowest BCUT2D eigenvalue weighted by Crippen LogP contribution is -2.50. The molecule has 2 aliphatic heterocycles. The normalized spacial score (nSPS) is 18.9. The summed E-state index contributed by atoms with van der Waals surface area (Å²) in [5.41, 5.74) is 4.20. The van der Waals surface area contributed by atoms with E-state index >= 15 is 0 Å². The summed E-state index contributed by atoms with van der Waals surface area (Å²) in [6, 6.07) is 12.5. The van der Waals surface area contributed by atoms with E-state index < -0.39 is 11.6 Å². The van der Waals surface area contributed by atoms with E-state index in [1.54, 1.807) is 30.2 Å². The molecule has 1 fully saturated rings. The van der Waals surface area contributed by atoms with Gasteiger partial charge in [0.2, 0.25) is 0 Å². The zero-order valence-electron chi connectivity index (χ0n) is 19.2. The topological polar surface area (TPSA) is 63.9 Å². The molecule has 4 heterocycles. The molecule has 2 aliphatic rings. The van der Waals surface area contributed by atoms with Crippen LogP contribution in [0.25, 0.3) is 22.6 Å². The van der Waals surface area contributed by atoms with Gasteiger partial charge in [0.05, 0.1) is 23.0 Å². The molecule has 1 saturated heterocycles. The zero-order valence-corrected chi connectivity index (χ0v) is 19.2. The first-order chi connectivity index (χ1) is 17.0. The van der Waals surface area contributed by atoms with E-state index in [0.29, 0.717) is 34.6 Å². The summed E-state index contributed by atoms with van der Waals surface area (Å²) < 4.78 is 29.7. The highest BCUT2D eigenvalue weighted by molar-refractivity contribution is 6.00. The summed E-state index contributed by atoms with van der Waals surface area (Å²) in [5, 5.41) is 4.77. The molecule has 2 bridgehead atoms.